The Morgan fingerprint density at radius 2 is 1.86 bits per heavy atom. The molecule has 1 aliphatic rings. The minimum Gasteiger partial charge on any atom is -0.313 e. The summed E-state index contributed by atoms with van der Waals surface area (Å²) in [5, 5.41) is 3.31. The summed E-state index contributed by atoms with van der Waals surface area (Å²) >= 11 is 0. The van der Waals surface area contributed by atoms with Crippen molar-refractivity contribution < 1.29 is 8.42 Å². The topological polar surface area (TPSA) is 49.4 Å². The summed E-state index contributed by atoms with van der Waals surface area (Å²) in [6.45, 7) is 5.09. The molecule has 0 bridgehead atoms. The van der Waals surface area contributed by atoms with Crippen molar-refractivity contribution in [2.45, 2.75) is 50.5 Å². The van der Waals surface area contributed by atoms with Crippen LogP contribution in [-0.4, -0.2) is 32.4 Å². The lowest BCUT2D eigenvalue weighted by atomic mass is 10.2. The van der Waals surface area contributed by atoms with Crippen molar-refractivity contribution in [2.24, 2.45) is 0 Å². The third-order valence-electron chi connectivity index (χ3n) is 3.86. The third-order valence-corrected chi connectivity index (χ3v) is 5.75. The van der Waals surface area contributed by atoms with Crippen LogP contribution in [-0.2, 0) is 16.6 Å². The Bertz CT molecular complexity index is 535. The molecule has 1 fully saturated rings. The molecule has 1 aliphatic heterocycles. The van der Waals surface area contributed by atoms with E-state index < -0.39 is 10.0 Å². The molecular weight excluding hydrogens is 284 g/mol. The SMILES string of the molecule is CCCNCc1cccc(S(=O)(=O)N2CCCCCC2)c1. The fraction of sp³-hybridized carbons (Fsp3) is 0.625. The molecule has 0 aliphatic carbocycles. The van der Waals surface area contributed by atoms with E-state index in [0.717, 1.165) is 50.8 Å². The average Bonchev–Trinajstić information content (AvgIpc) is 2.77. The smallest absolute Gasteiger partial charge is 0.243 e. The molecule has 0 amide bonds. The first-order chi connectivity index (χ1) is 10.1. The molecule has 1 aromatic rings. The summed E-state index contributed by atoms with van der Waals surface area (Å²) in [5.74, 6) is 0. The van der Waals surface area contributed by atoms with Crippen LogP contribution < -0.4 is 5.32 Å². The number of nitrogens with zero attached hydrogens (tertiary/aromatic N) is 1. The van der Waals surface area contributed by atoms with Gasteiger partial charge < -0.3 is 5.32 Å². The maximum absolute atomic E-state index is 12.7. The molecule has 0 spiro atoms. The highest BCUT2D eigenvalue weighted by Gasteiger charge is 2.25. The molecule has 5 heteroatoms. The lowest BCUT2D eigenvalue weighted by Crippen LogP contribution is -2.32. The van der Waals surface area contributed by atoms with Gasteiger partial charge in [0.15, 0.2) is 0 Å². The van der Waals surface area contributed by atoms with Gasteiger partial charge in [-0.15, -0.1) is 0 Å². The normalized spacial score (nSPS) is 17.6. The summed E-state index contributed by atoms with van der Waals surface area (Å²) in [4.78, 5) is 0.431. The van der Waals surface area contributed by atoms with Crippen LogP contribution in [0.3, 0.4) is 0 Å². The molecule has 118 valence electrons. The molecule has 21 heavy (non-hydrogen) atoms. The quantitative estimate of drug-likeness (QED) is 0.822. The van der Waals surface area contributed by atoms with Crippen LogP contribution in [0.2, 0.25) is 0 Å². The standard InChI is InChI=1S/C16H26N2O2S/c1-2-10-17-14-15-8-7-9-16(13-15)21(19,20)18-11-5-3-4-6-12-18/h7-9,13,17H,2-6,10-12,14H2,1H3. The van der Waals surface area contributed by atoms with E-state index in [1.54, 1.807) is 10.4 Å². The number of sulfonamides is 1. The van der Waals surface area contributed by atoms with E-state index in [1.165, 1.54) is 0 Å². The Morgan fingerprint density at radius 1 is 1.14 bits per heavy atom. The van der Waals surface area contributed by atoms with Crippen LogP contribution in [0.5, 0.6) is 0 Å². The molecule has 1 heterocycles. The van der Waals surface area contributed by atoms with Gasteiger partial charge in [-0.25, -0.2) is 8.42 Å². The van der Waals surface area contributed by atoms with Gasteiger partial charge in [0.1, 0.15) is 0 Å². The van der Waals surface area contributed by atoms with E-state index in [2.05, 4.69) is 12.2 Å². The van der Waals surface area contributed by atoms with Gasteiger partial charge in [0, 0.05) is 19.6 Å². The van der Waals surface area contributed by atoms with Gasteiger partial charge in [-0.05, 0) is 43.5 Å². The minimum absolute atomic E-state index is 0.431. The van der Waals surface area contributed by atoms with E-state index in [1.807, 2.05) is 18.2 Å². The van der Waals surface area contributed by atoms with Gasteiger partial charge in [-0.3, -0.25) is 0 Å². The molecule has 0 saturated carbocycles. The molecule has 2 rings (SSSR count). The summed E-state index contributed by atoms with van der Waals surface area (Å²) in [7, 11) is -3.33. The van der Waals surface area contributed by atoms with Crippen molar-refractivity contribution in [2.75, 3.05) is 19.6 Å². The Labute approximate surface area is 128 Å². The van der Waals surface area contributed by atoms with Gasteiger partial charge in [0.25, 0.3) is 0 Å². The third kappa shape index (κ3) is 4.53. The van der Waals surface area contributed by atoms with E-state index in [0.29, 0.717) is 18.0 Å². The predicted molar refractivity (Wildman–Crippen MR) is 85.7 cm³/mol. The number of benzene rings is 1. The van der Waals surface area contributed by atoms with Crippen LogP contribution in [0.15, 0.2) is 29.2 Å². The first kappa shape index (κ1) is 16.5. The van der Waals surface area contributed by atoms with Crippen molar-refractivity contribution in [3.05, 3.63) is 29.8 Å². The van der Waals surface area contributed by atoms with Crippen molar-refractivity contribution in [1.29, 1.82) is 0 Å². The molecule has 0 aromatic heterocycles. The minimum atomic E-state index is -3.33. The summed E-state index contributed by atoms with van der Waals surface area (Å²) in [6, 6.07) is 7.34. The molecule has 0 radical (unpaired) electrons. The number of hydrogen-bond acceptors (Lipinski definition) is 3. The van der Waals surface area contributed by atoms with Crippen molar-refractivity contribution in [3.8, 4) is 0 Å². The van der Waals surface area contributed by atoms with Crippen LogP contribution in [0.25, 0.3) is 0 Å². The summed E-state index contributed by atoms with van der Waals surface area (Å²) < 4.78 is 27.1. The summed E-state index contributed by atoms with van der Waals surface area (Å²) in [5.41, 5.74) is 1.03. The second-order valence-electron chi connectivity index (χ2n) is 5.64. The highest BCUT2D eigenvalue weighted by molar-refractivity contribution is 7.89. The Balaban J connectivity index is 2.13. The van der Waals surface area contributed by atoms with Crippen LogP contribution in [0.1, 0.15) is 44.6 Å². The van der Waals surface area contributed by atoms with E-state index in [4.69, 9.17) is 0 Å². The van der Waals surface area contributed by atoms with E-state index >= 15 is 0 Å². The van der Waals surface area contributed by atoms with E-state index in [-0.39, 0.29) is 0 Å². The monoisotopic (exact) mass is 310 g/mol. The zero-order valence-electron chi connectivity index (χ0n) is 12.8. The zero-order valence-corrected chi connectivity index (χ0v) is 13.7. The van der Waals surface area contributed by atoms with E-state index in [9.17, 15) is 8.42 Å². The Kier molecular flexibility index (Phi) is 6.21. The van der Waals surface area contributed by atoms with Gasteiger partial charge in [-0.1, -0.05) is 31.9 Å². The molecule has 1 N–H and O–H groups in total. The fourth-order valence-corrected chi connectivity index (χ4v) is 4.24. The van der Waals surface area contributed by atoms with Crippen molar-refractivity contribution in [3.63, 3.8) is 0 Å². The van der Waals surface area contributed by atoms with Gasteiger partial charge in [-0.2, -0.15) is 4.31 Å². The number of nitrogens with one attached hydrogen (secondary N) is 1. The highest BCUT2D eigenvalue weighted by Crippen LogP contribution is 2.21. The molecular formula is C16H26N2O2S. The molecule has 0 unspecified atom stereocenters. The maximum Gasteiger partial charge on any atom is 0.243 e. The van der Waals surface area contributed by atoms with Crippen molar-refractivity contribution in [1.82, 2.24) is 9.62 Å². The average molecular weight is 310 g/mol. The first-order valence-corrected chi connectivity index (χ1v) is 9.38. The van der Waals surface area contributed by atoms with Crippen molar-refractivity contribution >= 4 is 10.0 Å². The number of rotatable bonds is 6. The molecule has 4 nitrogen and oxygen atoms in total. The second-order valence-corrected chi connectivity index (χ2v) is 7.58. The molecule has 1 saturated heterocycles. The Hall–Kier alpha value is -0.910. The first-order valence-electron chi connectivity index (χ1n) is 7.94. The summed E-state index contributed by atoms with van der Waals surface area (Å²) in [6.07, 6.45) is 5.28. The van der Waals surface area contributed by atoms with Crippen LogP contribution >= 0.6 is 0 Å². The Morgan fingerprint density at radius 3 is 2.52 bits per heavy atom. The van der Waals surface area contributed by atoms with Crippen LogP contribution in [0.4, 0.5) is 0 Å². The fourth-order valence-electron chi connectivity index (χ4n) is 2.66. The molecule has 0 atom stereocenters. The highest BCUT2D eigenvalue weighted by atomic mass is 32.2. The molecule has 1 aromatic carbocycles. The number of hydrogen-bond donors (Lipinski definition) is 1. The lowest BCUT2D eigenvalue weighted by molar-refractivity contribution is 0.423. The predicted octanol–water partition coefficient (Wildman–Crippen LogP) is 2.75. The van der Waals surface area contributed by atoms with Gasteiger partial charge in [0.2, 0.25) is 10.0 Å². The van der Waals surface area contributed by atoms with Crippen LogP contribution in [0, 0.1) is 0 Å². The van der Waals surface area contributed by atoms with Gasteiger partial charge in [0.05, 0.1) is 4.90 Å². The maximum atomic E-state index is 12.7. The zero-order chi connectivity index (χ0) is 15.1. The second kappa shape index (κ2) is 7.92. The lowest BCUT2D eigenvalue weighted by Gasteiger charge is -2.20. The largest absolute Gasteiger partial charge is 0.313 e. The van der Waals surface area contributed by atoms with Gasteiger partial charge >= 0.3 is 0 Å².